The lowest BCUT2D eigenvalue weighted by atomic mass is 9.85. The van der Waals surface area contributed by atoms with Crippen LogP contribution in [0.25, 0.3) is 0 Å². The molecule has 0 amide bonds. The van der Waals surface area contributed by atoms with E-state index in [9.17, 15) is 18.3 Å². The smallest absolute Gasteiger partial charge is 0.308 e. The highest BCUT2D eigenvalue weighted by Crippen LogP contribution is 2.26. The predicted molar refractivity (Wildman–Crippen MR) is 82.9 cm³/mol. The molecule has 0 spiro atoms. The van der Waals surface area contributed by atoms with Crippen LogP contribution in [0.4, 0.5) is 0 Å². The van der Waals surface area contributed by atoms with Crippen LogP contribution in [0.2, 0.25) is 0 Å². The molecule has 1 saturated carbocycles. The minimum Gasteiger partial charge on any atom is -0.481 e. The molecule has 0 saturated heterocycles. The predicted octanol–water partition coefficient (Wildman–Crippen LogP) is 2.21. The third-order valence-electron chi connectivity index (χ3n) is 3.51. The summed E-state index contributed by atoms with van der Waals surface area (Å²) in [5.74, 6) is -1.57. The molecule has 5 nitrogen and oxygen atoms in total. The van der Waals surface area contributed by atoms with Crippen molar-refractivity contribution in [3.05, 3.63) is 27.8 Å². The van der Waals surface area contributed by atoms with Gasteiger partial charge in [-0.3, -0.25) is 4.79 Å². The van der Waals surface area contributed by atoms with Crippen LogP contribution in [-0.4, -0.2) is 25.5 Å². The third-order valence-corrected chi connectivity index (χ3v) is 5.74. The van der Waals surface area contributed by atoms with Gasteiger partial charge in [-0.2, -0.15) is 0 Å². The van der Waals surface area contributed by atoms with E-state index < -0.39 is 28.0 Å². The van der Waals surface area contributed by atoms with E-state index in [2.05, 4.69) is 27.3 Å². The average molecular weight is 409 g/mol. The molecular formula is C13H16INO4S. The first-order valence-corrected chi connectivity index (χ1v) is 8.97. The van der Waals surface area contributed by atoms with E-state index in [1.807, 2.05) is 0 Å². The van der Waals surface area contributed by atoms with Gasteiger partial charge in [0.1, 0.15) is 0 Å². The van der Waals surface area contributed by atoms with Gasteiger partial charge in [-0.15, -0.1) is 0 Å². The molecule has 20 heavy (non-hydrogen) atoms. The van der Waals surface area contributed by atoms with Crippen LogP contribution in [-0.2, 0) is 14.8 Å². The van der Waals surface area contributed by atoms with Crippen molar-refractivity contribution in [3.63, 3.8) is 0 Å². The normalized spacial score (nSPS) is 23.4. The molecule has 1 fully saturated rings. The quantitative estimate of drug-likeness (QED) is 0.748. The Morgan fingerprint density at radius 2 is 1.80 bits per heavy atom. The number of hydrogen-bond acceptors (Lipinski definition) is 3. The second-order valence-corrected chi connectivity index (χ2v) is 7.87. The van der Waals surface area contributed by atoms with Gasteiger partial charge in [-0.1, -0.05) is 12.8 Å². The van der Waals surface area contributed by atoms with Crippen LogP contribution in [0.1, 0.15) is 25.7 Å². The lowest BCUT2D eigenvalue weighted by Gasteiger charge is -2.28. The van der Waals surface area contributed by atoms with Crippen molar-refractivity contribution in [2.24, 2.45) is 5.92 Å². The number of sulfonamides is 1. The topological polar surface area (TPSA) is 83.5 Å². The summed E-state index contributed by atoms with van der Waals surface area (Å²) in [6.45, 7) is 0. The number of rotatable bonds is 4. The van der Waals surface area contributed by atoms with Crippen molar-refractivity contribution in [1.29, 1.82) is 0 Å². The van der Waals surface area contributed by atoms with Crippen LogP contribution >= 0.6 is 22.6 Å². The maximum atomic E-state index is 12.3. The zero-order valence-corrected chi connectivity index (χ0v) is 13.7. The van der Waals surface area contributed by atoms with Crippen molar-refractivity contribution in [2.75, 3.05) is 0 Å². The minimum atomic E-state index is -3.66. The van der Waals surface area contributed by atoms with Crippen molar-refractivity contribution < 1.29 is 18.3 Å². The molecule has 7 heteroatoms. The summed E-state index contributed by atoms with van der Waals surface area (Å²) in [7, 11) is -3.66. The van der Waals surface area contributed by atoms with E-state index in [0.29, 0.717) is 12.8 Å². The number of halogens is 1. The van der Waals surface area contributed by atoms with Crippen LogP contribution in [0.3, 0.4) is 0 Å². The number of nitrogens with one attached hydrogen (secondary N) is 1. The van der Waals surface area contributed by atoms with E-state index in [4.69, 9.17) is 0 Å². The molecule has 1 aromatic rings. The van der Waals surface area contributed by atoms with Gasteiger partial charge in [0.25, 0.3) is 0 Å². The van der Waals surface area contributed by atoms with E-state index >= 15 is 0 Å². The summed E-state index contributed by atoms with van der Waals surface area (Å²) in [6, 6.07) is 5.96. The average Bonchev–Trinajstić information content (AvgIpc) is 2.39. The standard InChI is InChI=1S/C13H16INO4S/c14-9-5-7-10(8-6-9)20(18,19)15-12-4-2-1-3-11(12)13(16)17/h5-8,11-12,15H,1-4H2,(H,16,17). The summed E-state index contributed by atoms with van der Waals surface area (Å²) in [5.41, 5.74) is 0. The fourth-order valence-electron chi connectivity index (χ4n) is 2.45. The molecular weight excluding hydrogens is 393 g/mol. The van der Waals surface area contributed by atoms with Crippen LogP contribution < -0.4 is 4.72 Å². The van der Waals surface area contributed by atoms with E-state index in [0.717, 1.165) is 16.4 Å². The fourth-order valence-corrected chi connectivity index (χ4v) is 4.12. The SMILES string of the molecule is O=C(O)C1CCCCC1NS(=O)(=O)c1ccc(I)cc1. The molecule has 0 aliphatic heterocycles. The largest absolute Gasteiger partial charge is 0.481 e. The molecule has 110 valence electrons. The highest BCUT2D eigenvalue weighted by Gasteiger charge is 2.33. The number of carboxylic acid groups (broad SMARTS) is 1. The second kappa shape index (κ2) is 6.40. The molecule has 0 radical (unpaired) electrons. The highest BCUT2D eigenvalue weighted by atomic mass is 127. The molecule has 2 rings (SSSR count). The second-order valence-electron chi connectivity index (χ2n) is 4.91. The maximum Gasteiger partial charge on any atom is 0.308 e. The third kappa shape index (κ3) is 3.70. The highest BCUT2D eigenvalue weighted by molar-refractivity contribution is 14.1. The van der Waals surface area contributed by atoms with Crippen molar-refractivity contribution in [1.82, 2.24) is 4.72 Å². The van der Waals surface area contributed by atoms with E-state index in [1.54, 1.807) is 12.1 Å². The monoisotopic (exact) mass is 409 g/mol. The number of carboxylic acids is 1. The summed E-state index contributed by atoms with van der Waals surface area (Å²) >= 11 is 2.10. The number of hydrogen-bond donors (Lipinski definition) is 2. The van der Waals surface area contributed by atoms with Crippen molar-refractivity contribution in [3.8, 4) is 0 Å². The Bertz CT molecular complexity index is 585. The molecule has 1 aromatic carbocycles. The Morgan fingerprint density at radius 1 is 1.20 bits per heavy atom. The van der Waals surface area contributed by atoms with Gasteiger partial charge >= 0.3 is 5.97 Å². The van der Waals surface area contributed by atoms with Gasteiger partial charge in [0, 0.05) is 9.61 Å². The Balaban J connectivity index is 2.18. The molecule has 2 N–H and O–H groups in total. The zero-order chi connectivity index (χ0) is 14.8. The van der Waals surface area contributed by atoms with Crippen LogP contribution in [0.15, 0.2) is 29.2 Å². The van der Waals surface area contributed by atoms with Crippen molar-refractivity contribution >= 4 is 38.6 Å². The molecule has 0 bridgehead atoms. The van der Waals surface area contributed by atoms with Gasteiger partial charge in [0.2, 0.25) is 10.0 Å². The Labute approximate surface area is 132 Å². The summed E-state index contributed by atoms with van der Waals surface area (Å²) in [6.07, 6.45) is 2.78. The molecule has 0 heterocycles. The zero-order valence-electron chi connectivity index (χ0n) is 10.8. The van der Waals surface area contributed by atoms with E-state index in [1.165, 1.54) is 12.1 Å². The first-order chi connectivity index (χ1) is 9.40. The van der Waals surface area contributed by atoms with Gasteiger partial charge in [0.05, 0.1) is 10.8 Å². The maximum absolute atomic E-state index is 12.3. The first kappa shape index (κ1) is 15.7. The number of benzene rings is 1. The Morgan fingerprint density at radius 3 is 2.40 bits per heavy atom. The van der Waals surface area contributed by atoms with Gasteiger partial charge in [-0.05, 0) is 59.7 Å². The molecule has 1 aliphatic rings. The molecule has 0 aromatic heterocycles. The van der Waals surface area contributed by atoms with Crippen LogP contribution in [0.5, 0.6) is 0 Å². The molecule has 2 atom stereocenters. The summed E-state index contributed by atoms with van der Waals surface area (Å²) < 4.78 is 28.0. The lowest BCUT2D eigenvalue weighted by molar-refractivity contribution is -0.143. The summed E-state index contributed by atoms with van der Waals surface area (Å²) in [5, 5.41) is 9.18. The summed E-state index contributed by atoms with van der Waals surface area (Å²) in [4.78, 5) is 11.4. The lowest BCUT2D eigenvalue weighted by Crippen LogP contribution is -2.44. The van der Waals surface area contributed by atoms with E-state index in [-0.39, 0.29) is 4.90 Å². The molecule has 1 aliphatic carbocycles. The number of carbonyl (C=O) groups is 1. The molecule has 2 unspecified atom stereocenters. The van der Waals surface area contributed by atoms with Crippen molar-refractivity contribution in [2.45, 2.75) is 36.6 Å². The van der Waals surface area contributed by atoms with Crippen LogP contribution in [0, 0.1) is 9.49 Å². The minimum absolute atomic E-state index is 0.174. The van der Waals surface area contributed by atoms with Gasteiger partial charge in [0.15, 0.2) is 0 Å². The Kier molecular flexibility index (Phi) is 5.03. The number of aliphatic carboxylic acids is 1. The Hall–Kier alpha value is -0.670. The van der Waals surface area contributed by atoms with Gasteiger partial charge < -0.3 is 5.11 Å². The van der Waals surface area contributed by atoms with Gasteiger partial charge in [-0.25, -0.2) is 13.1 Å². The first-order valence-electron chi connectivity index (χ1n) is 6.41. The fraction of sp³-hybridized carbons (Fsp3) is 0.462.